The smallest absolute Gasteiger partial charge is 0.137 e. The van der Waals surface area contributed by atoms with E-state index in [2.05, 4.69) is 138 Å². The van der Waals surface area contributed by atoms with E-state index >= 15 is 0 Å². The molecule has 0 aliphatic heterocycles. The Hall–Kier alpha value is -5.08. The molecule has 4 bridgehead atoms. The normalized spacial score (nSPS) is 22.8. The minimum Gasteiger partial charge on any atom is -0.456 e. The van der Waals surface area contributed by atoms with Gasteiger partial charge in [0.1, 0.15) is 11.2 Å². The summed E-state index contributed by atoms with van der Waals surface area (Å²) in [7, 11) is 0. The number of rotatable bonds is 6. The molecule has 4 aliphatic rings. The summed E-state index contributed by atoms with van der Waals surface area (Å²) in [6.45, 7) is 0. The van der Waals surface area contributed by atoms with E-state index in [0.29, 0.717) is 0 Å². The topological polar surface area (TPSA) is 16.4 Å². The molecule has 7 aromatic rings. The van der Waals surface area contributed by atoms with Crippen LogP contribution in [0, 0.1) is 23.7 Å². The highest BCUT2D eigenvalue weighted by molar-refractivity contribution is 6.06. The zero-order valence-electron chi connectivity index (χ0n) is 27.1. The lowest BCUT2D eigenvalue weighted by Gasteiger charge is -2.54. The second-order valence-electron chi connectivity index (χ2n) is 14.7. The molecule has 48 heavy (non-hydrogen) atoms. The van der Waals surface area contributed by atoms with E-state index in [1.165, 1.54) is 54.4 Å². The van der Waals surface area contributed by atoms with Crippen molar-refractivity contribution in [2.24, 2.45) is 23.7 Å². The molecule has 11 rings (SSSR count). The van der Waals surface area contributed by atoms with Crippen LogP contribution in [-0.4, -0.2) is 0 Å². The summed E-state index contributed by atoms with van der Waals surface area (Å²) in [5.74, 6) is 4.54. The van der Waals surface area contributed by atoms with Gasteiger partial charge in [0.2, 0.25) is 0 Å². The molecule has 6 aromatic carbocycles. The first kappa shape index (κ1) is 28.0. The Morgan fingerprint density at radius 3 is 1.69 bits per heavy atom. The van der Waals surface area contributed by atoms with Crippen LogP contribution >= 0.6 is 0 Å². The van der Waals surface area contributed by atoms with Crippen LogP contribution in [-0.2, 0) is 0 Å². The highest BCUT2D eigenvalue weighted by Gasteiger charge is 2.48. The molecule has 0 radical (unpaired) electrons. The number of furan rings is 1. The highest BCUT2D eigenvalue weighted by Crippen LogP contribution is 2.60. The molecule has 0 spiro atoms. The molecule has 0 saturated heterocycles. The first-order valence-corrected chi connectivity index (χ1v) is 17.8. The lowest BCUT2D eigenvalue weighted by atomic mass is 9.50. The van der Waals surface area contributed by atoms with Crippen LogP contribution in [0.2, 0.25) is 0 Å². The third-order valence-corrected chi connectivity index (χ3v) is 11.8. The minimum atomic E-state index is 0.750. The summed E-state index contributed by atoms with van der Waals surface area (Å²) in [5, 5.41) is 2.29. The fourth-order valence-electron chi connectivity index (χ4n) is 9.93. The maximum absolute atomic E-state index is 6.34. The average molecular weight is 622 g/mol. The van der Waals surface area contributed by atoms with E-state index in [9.17, 15) is 0 Å². The fraction of sp³-hybridized carbons (Fsp3) is 0.217. The molecule has 1 heterocycles. The predicted octanol–water partition coefficient (Wildman–Crippen LogP) is 12.9. The van der Waals surface area contributed by atoms with Gasteiger partial charge in [-0.05, 0) is 132 Å². The van der Waals surface area contributed by atoms with Crippen LogP contribution in [0.4, 0.5) is 17.1 Å². The van der Waals surface area contributed by atoms with E-state index in [-0.39, 0.29) is 0 Å². The van der Waals surface area contributed by atoms with Crippen LogP contribution < -0.4 is 4.90 Å². The lowest BCUT2D eigenvalue weighted by Crippen LogP contribution is -2.43. The van der Waals surface area contributed by atoms with Gasteiger partial charge in [0.05, 0.1) is 0 Å². The van der Waals surface area contributed by atoms with Gasteiger partial charge >= 0.3 is 0 Å². The molecule has 1 aromatic heterocycles. The quantitative estimate of drug-likeness (QED) is 0.184. The molecular weight excluding hydrogens is 583 g/mol. The zero-order chi connectivity index (χ0) is 31.6. The van der Waals surface area contributed by atoms with Crippen molar-refractivity contribution in [3.8, 4) is 22.3 Å². The van der Waals surface area contributed by atoms with Crippen molar-refractivity contribution in [2.45, 2.75) is 38.0 Å². The van der Waals surface area contributed by atoms with Crippen LogP contribution in [0.5, 0.6) is 0 Å². The van der Waals surface area contributed by atoms with Gasteiger partial charge in [0, 0.05) is 33.9 Å². The minimum absolute atomic E-state index is 0.750. The number of hydrogen-bond acceptors (Lipinski definition) is 2. The Labute approximate surface area is 282 Å². The molecule has 0 atom stereocenters. The standard InChI is InChI=1S/C46H39NO/c1-2-7-32(8-3-1)33-13-17-39(18-14-33)47(41-21-22-43-42-11-4-5-12-44(42)48-45(43)29-41)40-19-15-34(16-20-40)35-9-6-10-36(28-35)46-37-24-30-23-31(26-37)27-38(46)25-30/h1-22,28-31,37-38,46H,23-27H2. The third kappa shape index (κ3) is 4.77. The van der Waals surface area contributed by atoms with E-state index in [0.717, 1.165) is 68.6 Å². The van der Waals surface area contributed by atoms with Crippen molar-refractivity contribution >= 4 is 39.0 Å². The van der Waals surface area contributed by atoms with Crippen LogP contribution in [0.3, 0.4) is 0 Å². The second kappa shape index (κ2) is 11.3. The summed E-state index contributed by atoms with van der Waals surface area (Å²) >= 11 is 0. The van der Waals surface area contributed by atoms with Gasteiger partial charge in [-0.3, -0.25) is 0 Å². The summed E-state index contributed by atoms with van der Waals surface area (Å²) in [5.41, 5.74) is 11.7. The number of benzene rings is 6. The van der Waals surface area contributed by atoms with Crippen molar-refractivity contribution in [1.29, 1.82) is 0 Å². The molecule has 0 amide bonds. The molecule has 0 N–H and O–H groups in total. The number of nitrogens with zero attached hydrogens (tertiary/aromatic N) is 1. The summed E-state index contributed by atoms with van der Waals surface area (Å²) in [6.07, 6.45) is 7.33. The number of hydrogen-bond donors (Lipinski definition) is 0. The van der Waals surface area contributed by atoms with Gasteiger partial charge in [-0.25, -0.2) is 0 Å². The second-order valence-corrected chi connectivity index (χ2v) is 14.7. The monoisotopic (exact) mass is 621 g/mol. The molecule has 2 nitrogen and oxygen atoms in total. The molecule has 4 aliphatic carbocycles. The van der Waals surface area contributed by atoms with Gasteiger partial charge in [-0.2, -0.15) is 0 Å². The van der Waals surface area contributed by atoms with E-state index in [1.54, 1.807) is 5.56 Å². The largest absolute Gasteiger partial charge is 0.456 e. The Morgan fingerprint density at radius 1 is 0.417 bits per heavy atom. The van der Waals surface area contributed by atoms with Crippen LogP contribution in [0.25, 0.3) is 44.2 Å². The molecule has 4 saturated carbocycles. The first-order valence-electron chi connectivity index (χ1n) is 17.8. The maximum Gasteiger partial charge on any atom is 0.137 e. The van der Waals surface area contributed by atoms with Crippen molar-refractivity contribution in [2.75, 3.05) is 4.90 Å². The van der Waals surface area contributed by atoms with E-state index < -0.39 is 0 Å². The third-order valence-electron chi connectivity index (χ3n) is 11.8. The SMILES string of the molecule is c1ccc(-c2ccc(N(c3ccc(-c4cccc(C5C6CC7CC(C6)CC5C7)c4)cc3)c3ccc4c(c3)oc3ccccc34)cc2)cc1. The van der Waals surface area contributed by atoms with Crippen molar-refractivity contribution in [3.63, 3.8) is 0 Å². The van der Waals surface area contributed by atoms with E-state index in [1.807, 2.05) is 12.1 Å². The van der Waals surface area contributed by atoms with Crippen molar-refractivity contribution in [3.05, 3.63) is 151 Å². The van der Waals surface area contributed by atoms with Gasteiger partial charge in [0.15, 0.2) is 0 Å². The Kier molecular flexibility index (Phi) is 6.57. The molecule has 2 heteroatoms. The van der Waals surface area contributed by atoms with Crippen LogP contribution in [0.1, 0.15) is 43.6 Å². The Morgan fingerprint density at radius 2 is 0.979 bits per heavy atom. The lowest BCUT2D eigenvalue weighted by molar-refractivity contribution is -0.00276. The number of anilines is 3. The molecular formula is C46H39NO. The van der Waals surface area contributed by atoms with Gasteiger partial charge in [0.25, 0.3) is 0 Å². The molecule has 4 fully saturated rings. The summed E-state index contributed by atoms with van der Waals surface area (Å²) in [6, 6.07) is 53.1. The first-order chi connectivity index (χ1) is 23.7. The van der Waals surface area contributed by atoms with Crippen molar-refractivity contribution in [1.82, 2.24) is 0 Å². The zero-order valence-corrected chi connectivity index (χ0v) is 27.1. The predicted molar refractivity (Wildman–Crippen MR) is 199 cm³/mol. The van der Waals surface area contributed by atoms with Gasteiger partial charge < -0.3 is 9.32 Å². The Balaban J connectivity index is 1.01. The van der Waals surface area contributed by atoms with E-state index in [4.69, 9.17) is 4.42 Å². The maximum atomic E-state index is 6.34. The molecule has 0 unspecified atom stereocenters. The van der Waals surface area contributed by atoms with Gasteiger partial charge in [-0.15, -0.1) is 0 Å². The number of fused-ring (bicyclic) bond motifs is 3. The fourth-order valence-corrected chi connectivity index (χ4v) is 9.93. The summed E-state index contributed by atoms with van der Waals surface area (Å²) in [4.78, 5) is 2.34. The van der Waals surface area contributed by atoms with Gasteiger partial charge in [-0.1, -0.05) is 97.1 Å². The average Bonchev–Trinajstić information content (AvgIpc) is 3.50. The van der Waals surface area contributed by atoms with Crippen LogP contribution in [0.15, 0.2) is 150 Å². The molecule has 234 valence electrons. The summed E-state index contributed by atoms with van der Waals surface area (Å²) < 4.78 is 6.34. The van der Waals surface area contributed by atoms with Crippen molar-refractivity contribution < 1.29 is 4.42 Å². The Bertz CT molecular complexity index is 2220. The number of para-hydroxylation sites is 1. The highest BCUT2D eigenvalue weighted by atomic mass is 16.3.